The average Bonchev–Trinajstić information content (AvgIpc) is 2.79. The first-order valence-corrected chi connectivity index (χ1v) is 9.88. The van der Waals surface area contributed by atoms with Crippen molar-refractivity contribution in [2.45, 2.75) is 18.6 Å². The number of Topliss-reactive ketones (excluding diaryl/α,β-unsaturated/α-hetero) is 1. The van der Waals surface area contributed by atoms with Gasteiger partial charge in [-0.15, -0.1) is 0 Å². The zero-order valence-electron chi connectivity index (χ0n) is 17.2. The predicted octanol–water partition coefficient (Wildman–Crippen LogP) is -0.194. The van der Waals surface area contributed by atoms with E-state index in [0.29, 0.717) is 22.5 Å². The largest absolute Gasteiger partial charge is 0.389 e. The maximum atomic E-state index is 13.0. The summed E-state index contributed by atoms with van der Waals surface area (Å²) in [6.07, 6.45) is -3.13. The zero-order chi connectivity index (χ0) is 23.3. The van der Waals surface area contributed by atoms with E-state index in [4.69, 9.17) is 21.0 Å². The summed E-state index contributed by atoms with van der Waals surface area (Å²) in [5.41, 5.74) is 7.37. The summed E-state index contributed by atoms with van der Waals surface area (Å²) in [7, 11) is 0. The highest BCUT2D eigenvalue weighted by atomic mass is 16.5. The van der Waals surface area contributed by atoms with E-state index in [2.05, 4.69) is 5.32 Å². The Labute approximate surface area is 184 Å². The van der Waals surface area contributed by atoms with Gasteiger partial charge in [0.15, 0.2) is 18.0 Å². The SMILES string of the molecule is N=C(N)c1ccc(NC(=O)[C@H](O)[C@H]2OCCN(c3cccc(CC(=O)CO)c3)C2=O)cc1. The molecule has 168 valence electrons. The molecule has 32 heavy (non-hydrogen) atoms. The number of carbonyl (C=O) groups is 3. The van der Waals surface area contributed by atoms with Crippen LogP contribution in [0.1, 0.15) is 11.1 Å². The lowest BCUT2D eigenvalue weighted by molar-refractivity contribution is -0.150. The summed E-state index contributed by atoms with van der Waals surface area (Å²) in [4.78, 5) is 38.3. The number of hydrogen-bond acceptors (Lipinski definition) is 7. The number of aliphatic hydroxyl groups is 2. The fourth-order valence-corrected chi connectivity index (χ4v) is 3.29. The Morgan fingerprint density at radius 1 is 1.25 bits per heavy atom. The van der Waals surface area contributed by atoms with Gasteiger partial charge < -0.3 is 30.9 Å². The minimum atomic E-state index is -1.75. The number of amides is 2. The topological polar surface area (TPSA) is 166 Å². The Hall–Kier alpha value is -3.60. The summed E-state index contributed by atoms with van der Waals surface area (Å²) in [5.74, 6) is -1.87. The number of aliphatic hydroxyl groups excluding tert-OH is 2. The van der Waals surface area contributed by atoms with Gasteiger partial charge in [0.05, 0.1) is 6.61 Å². The van der Waals surface area contributed by atoms with Gasteiger partial charge in [-0.2, -0.15) is 0 Å². The Kier molecular flexibility index (Phi) is 7.31. The van der Waals surface area contributed by atoms with Crippen LogP contribution in [0, 0.1) is 5.41 Å². The maximum absolute atomic E-state index is 13.0. The van der Waals surface area contributed by atoms with Crippen molar-refractivity contribution in [3.63, 3.8) is 0 Å². The number of carbonyl (C=O) groups excluding carboxylic acids is 3. The number of ketones is 1. The molecule has 0 saturated carbocycles. The molecule has 2 aromatic rings. The number of ether oxygens (including phenoxy) is 1. The number of hydrogen-bond donors (Lipinski definition) is 5. The number of nitrogens with one attached hydrogen (secondary N) is 2. The van der Waals surface area contributed by atoms with E-state index in [9.17, 15) is 19.5 Å². The third kappa shape index (κ3) is 5.35. The Morgan fingerprint density at radius 3 is 2.62 bits per heavy atom. The fraction of sp³-hybridized carbons (Fsp3) is 0.273. The second-order valence-corrected chi connectivity index (χ2v) is 7.25. The van der Waals surface area contributed by atoms with Crippen molar-refractivity contribution >= 4 is 34.8 Å². The van der Waals surface area contributed by atoms with E-state index < -0.39 is 30.6 Å². The molecule has 6 N–H and O–H groups in total. The monoisotopic (exact) mass is 440 g/mol. The molecule has 1 heterocycles. The Balaban J connectivity index is 1.70. The highest BCUT2D eigenvalue weighted by molar-refractivity contribution is 6.04. The smallest absolute Gasteiger partial charge is 0.259 e. The van der Waals surface area contributed by atoms with Crippen molar-refractivity contribution < 1.29 is 29.3 Å². The molecular formula is C22H24N4O6. The van der Waals surface area contributed by atoms with Gasteiger partial charge >= 0.3 is 0 Å². The highest BCUT2D eigenvalue weighted by Crippen LogP contribution is 2.22. The lowest BCUT2D eigenvalue weighted by Gasteiger charge is -2.34. The third-order valence-corrected chi connectivity index (χ3v) is 4.94. The van der Waals surface area contributed by atoms with Gasteiger partial charge in [0.25, 0.3) is 11.8 Å². The summed E-state index contributed by atoms with van der Waals surface area (Å²) in [5, 5.41) is 29.3. The molecule has 2 amide bonds. The first-order chi connectivity index (χ1) is 15.3. The Morgan fingerprint density at radius 2 is 1.97 bits per heavy atom. The molecule has 0 aliphatic carbocycles. The van der Waals surface area contributed by atoms with Crippen molar-refractivity contribution in [2.75, 3.05) is 30.0 Å². The molecule has 3 rings (SSSR count). The lowest BCUT2D eigenvalue weighted by atomic mass is 10.1. The van der Waals surface area contributed by atoms with Gasteiger partial charge in [-0.05, 0) is 42.0 Å². The molecular weight excluding hydrogens is 416 g/mol. The van der Waals surface area contributed by atoms with Gasteiger partial charge in [-0.3, -0.25) is 19.8 Å². The number of amidine groups is 1. The van der Waals surface area contributed by atoms with Crippen LogP contribution in [0.2, 0.25) is 0 Å². The standard InChI is InChI=1S/C22H24N4O6/c23-20(24)14-4-6-15(7-5-14)25-21(30)18(29)19-22(31)26(8-9-32-19)16-3-1-2-13(10-16)11-17(28)12-27/h1-7,10,18-19,27,29H,8-9,11-12H2,(H3,23,24)(H,25,30)/t18-,19-/m1/s1. The number of anilines is 2. The van der Waals surface area contributed by atoms with Crippen molar-refractivity contribution in [2.24, 2.45) is 5.73 Å². The van der Waals surface area contributed by atoms with E-state index in [1.165, 1.54) is 17.0 Å². The molecule has 0 radical (unpaired) electrons. The van der Waals surface area contributed by atoms with Crippen LogP contribution < -0.4 is 16.0 Å². The highest BCUT2D eigenvalue weighted by Gasteiger charge is 2.39. The molecule has 1 saturated heterocycles. The Bertz CT molecular complexity index is 1020. The third-order valence-electron chi connectivity index (χ3n) is 4.94. The molecule has 0 unspecified atom stereocenters. The molecule has 0 spiro atoms. The molecule has 2 aromatic carbocycles. The molecule has 1 fully saturated rings. The van der Waals surface area contributed by atoms with E-state index in [1.54, 1.807) is 36.4 Å². The van der Waals surface area contributed by atoms with E-state index in [-0.39, 0.29) is 31.2 Å². The maximum Gasteiger partial charge on any atom is 0.259 e. The van der Waals surface area contributed by atoms with Crippen molar-refractivity contribution in [1.29, 1.82) is 5.41 Å². The quantitative estimate of drug-likeness (QED) is 0.280. The van der Waals surface area contributed by atoms with Crippen LogP contribution in [0.4, 0.5) is 11.4 Å². The normalized spacial score (nSPS) is 17.0. The van der Waals surface area contributed by atoms with E-state index >= 15 is 0 Å². The van der Waals surface area contributed by atoms with Gasteiger partial charge in [0.1, 0.15) is 12.4 Å². The molecule has 10 heteroatoms. The minimum Gasteiger partial charge on any atom is -0.389 e. The summed E-state index contributed by atoms with van der Waals surface area (Å²) < 4.78 is 5.39. The summed E-state index contributed by atoms with van der Waals surface area (Å²) in [6, 6.07) is 12.9. The summed E-state index contributed by atoms with van der Waals surface area (Å²) in [6.45, 7) is -0.247. The zero-order valence-corrected chi connectivity index (χ0v) is 17.2. The van der Waals surface area contributed by atoms with Gasteiger partial charge in [-0.1, -0.05) is 12.1 Å². The van der Waals surface area contributed by atoms with Crippen LogP contribution in [0.15, 0.2) is 48.5 Å². The number of morpholine rings is 1. The second kappa shape index (κ2) is 10.1. The van der Waals surface area contributed by atoms with Crippen LogP contribution in [0.3, 0.4) is 0 Å². The lowest BCUT2D eigenvalue weighted by Crippen LogP contribution is -2.55. The van der Waals surface area contributed by atoms with Crippen LogP contribution in [-0.4, -0.2) is 65.6 Å². The number of nitrogen functional groups attached to an aromatic ring is 1. The molecule has 1 aliphatic rings. The first-order valence-electron chi connectivity index (χ1n) is 9.88. The number of benzene rings is 2. The van der Waals surface area contributed by atoms with Crippen molar-refractivity contribution in [1.82, 2.24) is 0 Å². The first kappa shape index (κ1) is 23.1. The predicted molar refractivity (Wildman–Crippen MR) is 116 cm³/mol. The molecule has 0 bridgehead atoms. The van der Waals surface area contributed by atoms with Crippen LogP contribution >= 0.6 is 0 Å². The number of nitrogens with zero attached hydrogens (tertiary/aromatic N) is 1. The second-order valence-electron chi connectivity index (χ2n) is 7.25. The van der Waals surface area contributed by atoms with Gasteiger partial charge in [0, 0.05) is 29.9 Å². The number of nitrogens with two attached hydrogens (primary N) is 1. The van der Waals surface area contributed by atoms with Crippen molar-refractivity contribution in [3.8, 4) is 0 Å². The molecule has 10 nitrogen and oxygen atoms in total. The van der Waals surface area contributed by atoms with Gasteiger partial charge in [-0.25, -0.2) is 0 Å². The summed E-state index contributed by atoms with van der Waals surface area (Å²) >= 11 is 0. The number of rotatable bonds is 8. The molecule has 1 aliphatic heterocycles. The molecule has 2 atom stereocenters. The minimum absolute atomic E-state index is 0.0275. The van der Waals surface area contributed by atoms with Crippen molar-refractivity contribution in [3.05, 3.63) is 59.7 Å². The van der Waals surface area contributed by atoms with Gasteiger partial charge in [0.2, 0.25) is 0 Å². The fourth-order valence-electron chi connectivity index (χ4n) is 3.29. The van der Waals surface area contributed by atoms with E-state index in [0.717, 1.165) is 0 Å². The van der Waals surface area contributed by atoms with E-state index in [1.807, 2.05) is 0 Å². The average molecular weight is 440 g/mol. The van der Waals surface area contributed by atoms with Crippen LogP contribution in [-0.2, 0) is 25.5 Å². The van der Waals surface area contributed by atoms with Crippen LogP contribution in [0.25, 0.3) is 0 Å². The molecule has 0 aromatic heterocycles. The van der Waals surface area contributed by atoms with Crippen LogP contribution in [0.5, 0.6) is 0 Å².